The lowest BCUT2D eigenvalue weighted by atomic mass is 10.1. The molecule has 0 bridgehead atoms. The van der Waals surface area contributed by atoms with E-state index in [4.69, 9.17) is 0 Å². The van der Waals surface area contributed by atoms with Crippen molar-refractivity contribution >= 4 is 22.7 Å². The Balaban J connectivity index is 1.69. The van der Waals surface area contributed by atoms with Gasteiger partial charge in [-0.05, 0) is 23.8 Å². The molecule has 0 saturated heterocycles. The minimum atomic E-state index is -0.399. The van der Waals surface area contributed by atoms with Crippen LogP contribution in [-0.2, 0) is 13.6 Å². The van der Waals surface area contributed by atoms with Gasteiger partial charge in [-0.25, -0.2) is 14.1 Å². The van der Waals surface area contributed by atoms with Crippen molar-refractivity contribution in [2.75, 3.05) is 5.32 Å². The van der Waals surface area contributed by atoms with E-state index in [1.807, 2.05) is 7.05 Å². The molecule has 0 aliphatic rings. The summed E-state index contributed by atoms with van der Waals surface area (Å²) >= 11 is 0. The lowest BCUT2D eigenvalue weighted by Gasteiger charge is -2.07. The Morgan fingerprint density at radius 3 is 2.88 bits per heavy atom. The predicted octanol–water partition coefficient (Wildman–Crippen LogP) is 2.36. The van der Waals surface area contributed by atoms with Crippen LogP contribution >= 0.6 is 0 Å². The molecule has 0 unspecified atom stereocenters. The molecule has 4 rings (SSSR count). The van der Waals surface area contributed by atoms with Gasteiger partial charge in [0, 0.05) is 19.4 Å². The largest absolute Gasteiger partial charge is 0.321 e. The molecule has 26 heavy (non-hydrogen) atoms. The molecule has 4 aromatic rings. The van der Waals surface area contributed by atoms with Crippen LogP contribution in [0.2, 0.25) is 0 Å². The zero-order valence-corrected chi connectivity index (χ0v) is 13.8. The van der Waals surface area contributed by atoms with Gasteiger partial charge < -0.3 is 5.32 Å². The topological polar surface area (TPSA) is 97.2 Å². The van der Waals surface area contributed by atoms with Gasteiger partial charge in [0.25, 0.3) is 0 Å². The quantitative estimate of drug-likeness (QED) is 0.608. The van der Waals surface area contributed by atoms with Crippen molar-refractivity contribution in [2.45, 2.75) is 6.54 Å². The predicted molar refractivity (Wildman–Crippen MR) is 92.0 cm³/mol. The molecule has 128 valence electrons. The zero-order valence-electron chi connectivity index (χ0n) is 13.8. The highest BCUT2D eigenvalue weighted by Crippen LogP contribution is 2.18. The molecule has 0 spiro atoms. The highest BCUT2D eigenvalue weighted by atomic mass is 19.1. The first-order valence-corrected chi connectivity index (χ1v) is 7.75. The van der Waals surface area contributed by atoms with Crippen LogP contribution in [0.3, 0.4) is 0 Å². The van der Waals surface area contributed by atoms with Crippen molar-refractivity contribution in [3.05, 3.63) is 59.9 Å². The summed E-state index contributed by atoms with van der Waals surface area (Å²) in [5.74, 6) is -0.00369. The van der Waals surface area contributed by atoms with E-state index < -0.39 is 5.82 Å². The molecule has 1 N–H and O–H groups in total. The van der Waals surface area contributed by atoms with Gasteiger partial charge in [0.15, 0.2) is 5.65 Å². The third kappa shape index (κ3) is 2.95. The molecule has 1 aromatic carbocycles. The molecule has 0 atom stereocenters. The van der Waals surface area contributed by atoms with Gasteiger partial charge in [-0.2, -0.15) is 20.4 Å². The summed E-state index contributed by atoms with van der Waals surface area (Å²) in [7, 11) is 1.82. The second-order valence-corrected chi connectivity index (χ2v) is 5.72. The van der Waals surface area contributed by atoms with Crippen molar-refractivity contribution in [3.8, 4) is 6.07 Å². The van der Waals surface area contributed by atoms with E-state index >= 15 is 0 Å². The van der Waals surface area contributed by atoms with Crippen molar-refractivity contribution < 1.29 is 4.39 Å². The van der Waals surface area contributed by atoms with Gasteiger partial charge in [0.2, 0.25) is 5.95 Å². The Bertz CT molecular complexity index is 1140. The summed E-state index contributed by atoms with van der Waals surface area (Å²) < 4.78 is 16.8. The number of hydrogen-bond donors (Lipinski definition) is 1. The Kier molecular flexibility index (Phi) is 3.78. The maximum absolute atomic E-state index is 13.6. The lowest BCUT2D eigenvalue weighted by Crippen LogP contribution is -2.06. The zero-order chi connectivity index (χ0) is 18.1. The third-order valence-corrected chi connectivity index (χ3v) is 3.85. The fourth-order valence-electron chi connectivity index (χ4n) is 2.62. The van der Waals surface area contributed by atoms with Crippen LogP contribution < -0.4 is 5.32 Å². The minimum Gasteiger partial charge on any atom is -0.321 e. The van der Waals surface area contributed by atoms with Gasteiger partial charge in [0.05, 0.1) is 41.6 Å². The van der Waals surface area contributed by atoms with E-state index in [0.29, 0.717) is 22.7 Å². The second-order valence-electron chi connectivity index (χ2n) is 5.72. The maximum Gasteiger partial charge on any atom is 0.229 e. The van der Waals surface area contributed by atoms with Crippen molar-refractivity contribution in [1.29, 1.82) is 5.26 Å². The Labute approximate surface area is 147 Å². The minimum absolute atomic E-state index is 0.230. The number of hydrogen-bond acceptors (Lipinski definition) is 6. The number of aromatic nitrogens is 6. The van der Waals surface area contributed by atoms with E-state index in [2.05, 4.69) is 31.6 Å². The first-order chi connectivity index (χ1) is 12.6. The van der Waals surface area contributed by atoms with Crippen LogP contribution in [0.15, 0.2) is 43.0 Å². The number of nitrogens with zero attached hydrogens (tertiary/aromatic N) is 7. The number of benzene rings is 1. The highest BCUT2D eigenvalue weighted by Gasteiger charge is 2.11. The van der Waals surface area contributed by atoms with Crippen LogP contribution in [-0.4, -0.2) is 29.5 Å². The molecular formula is C17H13FN8. The average Bonchev–Trinajstić information content (AvgIpc) is 3.21. The fraction of sp³-hybridized carbons (Fsp3) is 0.118. The molecular weight excluding hydrogens is 335 g/mol. The number of nitrogens with one attached hydrogen (secondary N) is 1. The van der Waals surface area contributed by atoms with E-state index in [9.17, 15) is 9.65 Å². The third-order valence-electron chi connectivity index (χ3n) is 3.85. The second kappa shape index (κ2) is 6.25. The van der Waals surface area contributed by atoms with Crippen molar-refractivity contribution in [1.82, 2.24) is 29.5 Å². The summed E-state index contributed by atoms with van der Waals surface area (Å²) in [5, 5.41) is 21.4. The standard InChI is InChI=1S/C17H13FN8/c1-25-10-15(8-21-25)23-17-20-6-13-7-22-26(16(13)24-17)9-12-4-14(18)3-2-11(12)5-19/h2-4,6-8,10H,9H2,1H3,(H,20,23,24). The first kappa shape index (κ1) is 15.7. The molecule has 0 saturated carbocycles. The van der Waals surface area contributed by atoms with Gasteiger partial charge in [-0.1, -0.05) is 0 Å². The number of nitriles is 1. The van der Waals surface area contributed by atoms with Crippen LogP contribution in [0.25, 0.3) is 11.0 Å². The number of anilines is 2. The van der Waals surface area contributed by atoms with Crippen molar-refractivity contribution in [3.63, 3.8) is 0 Å². The van der Waals surface area contributed by atoms with Gasteiger partial charge in [0.1, 0.15) is 5.82 Å². The van der Waals surface area contributed by atoms with Gasteiger partial charge in [-0.15, -0.1) is 0 Å². The maximum atomic E-state index is 13.6. The van der Waals surface area contributed by atoms with Gasteiger partial charge in [-0.3, -0.25) is 4.68 Å². The highest BCUT2D eigenvalue weighted by molar-refractivity contribution is 5.75. The number of fused-ring (bicyclic) bond motifs is 1. The number of rotatable bonds is 4. The molecule has 0 amide bonds. The summed E-state index contributed by atoms with van der Waals surface area (Å²) in [6, 6.07) is 6.13. The lowest BCUT2D eigenvalue weighted by molar-refractivity contribution is 0.620. The number of halogens is 1. The average molecular weight is 348 g/mol. The number of aryl methyl sites for hydroxylation is 1. The van der Waals surface area contributed by atoms with Crippen LogP contribution in [0.4, 0.5) is 16.0 Å². The molecule has 0 radical (unpaired) electrons. The normalized spacial score (nSPS) is 10.8. The SMILES string of the molecule is Cn1cc(Nc2ncc3cnn(Cc4cc(F)ccc4C#N)c3n2)cn1. The summed E-state index contributed by atoms with van der Waals surface area (Å²) in [5.41, 5.74) is 2.28. The van der Waals surface area contributed by atoms with Crippen molar-refractivity contribution in [2.24, 2.45) is 7.05 Å². The van der Waals surface area contributed by atoms with E-state index in [0.717, 1.165) is 11.1 Å². The van der Waals surface area contributed by atoms with E-state index in [1.54, 1.807) is 34.2 Å². The molecule has 3 aromatic heterocycles. The Morgan fingerprint density at radius 2 is 2.12 bits per heavy atom. The van der Waals surface area contributed by atoms with Crippen LogP contribution in [0.5, 0.6) is 0 Å². The van der Waals surface area contributed by atoms with E-state index in [-0.39, 0.29) is 6.54 Å². The first-order valence-electron chi connectivity index (χ1n) is 7.75. The molecule has 9 heteroatoms. The summed E-state index contributed by atoms with van der Waals surface area (Å²) in [6.07, 6.45) is 6.75. The monoisotopic (exact) mass is 348 g/mol. The summed E-state index contributed by atoms with van der Waals surface area (Å²) in [6.45, 7) is 0.230. The molecule has 0 aliphatic carbocycles. The Hall–Kier alpha value is -3.80. The van der Waals surface area contributed by atoms with Gasteiger partial charge >= 0.3 is 0 Å². The Morgan fingerprint density at radius 1 is 1.23 bits per heavy atom. The molecule has 0 aliphatic heterocycles. The molecule has 3 heterocycles. The smallest absolute Gasteiger partial charge is 0.229 e. The summed E-state index contributed by atoms with van der Waals surface area (Å²) in [4.78, 5) is 8.73. The molecule has 8 nitrogen and oxygen atoms in total. The van der Waals surface area contributed by atoms with Crippen LogP contribution in [0.1, 0.15) is 11.1 Å². The fourth-order valence-corrected chi connectivity index (χ4v) is 2.62. The van der Waals surface area contributed by atoms with Crippen LogP contribution in [0, 0.1) is 17.1 Å². The van der Waals surface area contributed by atoms with E-state index in [1.165, 1.54) is 18.2 Å². The molecule has 0 fully saturated rings.